The Hall–Kier alpha value is -3.27. The van der Waals surface area contributed by atoms with Crippen molar-refractivity contribution in [2.24, 2.45) is 0 Å². The van der Waals surface area contributed by atoms with Crippen molar-refractivity contribution < 1.29 is 13.9 Å². The number of aromatic nitrogens is 6. The number of aromatic amines is 1. The molecule has 0 fully saturated rings. The fourth-order valence-electron chi connectivity index (χ4n) is 2.81. The standard InChI is InChI=1S/C18H18N6O3S/c1-11-7-8-14(27-11)17-22-21-15(9-28-18-19-10-20-23-18)24(17)16-12(25-2)5-4-6-13(16)26-3/h4-8,10H,9H2,1-3H3,(H,19,20,23). The molecule has 0 radical (unpaired) electrons. The summed E-state index contributed by atoms with van der Waals surface area (Å²) in [5.41, 5.74) is 0.703. The lowest BCUT2D eigenvalue weighted by molar-refractivity contribution is 0.390. The van der Waals surface area contributed by atoms with E-state index in [-0.39, 0.29) is 0 Å². The SMILES string of the molecule is COc1cccc(OC)c1-n1c(CSc2nnc[nH]2)nnc1-c1ccc(C)o1. The molecule has 0 spiro atoms. The lowest BCUT2D eigenvalue weighted by Gasteiger charge is -2.16. The third-order valence-corrected chi connectivity index (χ3v) is 4.92. The van der Waals surface area contributed by atoms with E-state index < -0.39 is 0 Å². The molecule has 0 saturated carbocycles. The van der Waals surface area contributed by atoms with Crippen molar-refractivity contribution in [3.05, 3.63) is 48.2 Å². The maximum Gasteiger partial charge on any atom is 0.204 e. The van der Waals surface area contributed by atoms with E-state index in [0.29, 0.717) is 45.5 Å². The summed E-state index contributed by atoms with van der Waals surface area (Å²) >= 11 is 1.46. The minimum Gasteiger partial charge on any atom is -0.494 e. The van der Waals surface area contributed by atoms with Crippen LogP contribution in [0, 0.1) is 6.92 Å². The van der Waals surface area contributed by atoms with Crippen LogP contribution in [0.5, 0.6) is 11.5 Å². The molecule has 0 aliphatic rings. The number of aryl methyl sites for hydroxylation is 1. The largest absolute Gasteiger partial charge is 0.494 e. The minimum atomic E-state index is 0.503. The highest BCUT2D eigenvalue weighted by molar-refractivity contribution is 7.98. The first-order valence-corrected chi connectivity index (χ1v) is 9.41. The number of hydrogen-bond acceptors (Lipinski definition) is 8. The van der Waals surface area contributed by atoms with Gasteiger partial charge in [-0.25, -0.2) is 0 Å². The highest BCUT2D eigenvalue weighted by Crippen LogP contribution is 2.37. The van der Waals surface area contributed by atoms with Gasteiger partial charge in [0.05, 0.1) is 20.0 Å². The monoisotopic (exact) mass is 398 g/mol. The van der Waals surface area contributed by atoms with Crippen LogP contribution in [0.3, 0.4) is 0 Å². The quantitative estimate of drug-likeness (QED) is 0.473. The van der Waals surface area contributed by atoms with Crippen LogP contribution < -0.4 is 9.47 Å². The normalized spacial score (nSPS) is 11.0. The van der Waals surface area contributed by atoms with Gasteiger partial charge in [-0.3, -0.25) is 4.57 Å². The van der Waals surface area contributed by atoms with Crippen molar-refractivity contribution >= 4 is 11.8 Å². The smallest absolute Gasteiger partial charge is 0.204 e. The van der Waals surface area contributed by atoms with Crippen molar-refractivity contribution in [2.45, 2.75) is 17.8 Å². The van der Waals surface area contributed by atoms with Gasteiger partial charge in [0.25, 0.3) is 0 Å². The zero-order valence-electron chi connectivity index (χ0n) is 15.5. The fourth-order valence-corrected chi connectivity index (χ4v) is 3.50. The van der Waals surface area contributed by atoms with Crippen LogP contribution in [-0.4, -0.2) is 44.2 Å². The molecule has 28 heavy (non-hydrogen) atoms. The number of H-pyrrole nitrogens is 1. The summed E-state index contributed by atoms with van der Waals surface area (Å²) in [7, 11) is 3.23. The number of nitrogens with one attached hydrogen (secondary N) is 1. The lowest BCUT2D eigenvalue weighted by atomic mass is 10.2. The first kappa shape index (κ1) is 18.1. The van der Waals surface area contributed by atoms with Crippen molar-refractivity contribution in [3.8, 4) is 28.8 Å². The van der Waals surface area contributed by atoms with Gasteiger partial charge >= 0.3 is 0 Å². The zero-order valence-corrected chi connectivity index (χ0v) is 16.4. The summed E-state index contributed by atoms with van der Waals surface area (Å²) < 4.78 is 18.9. The second kappa shape index (κ2) is 7.77. The molecule has 1 N–H and O–H groups in total. The topological polar surface area (TPSA) is 104 Å². The van der Waals surface area contributed by atoms with Crippen molar-refractivity contribution in [2.75, 3.05) is 14.2 Å². The van der Waals surface area contributed by atoms with E-state index in [1.807, 2.05) is 41.8 Å². The van der Waals surface area contributed by atoms with Gasteiger partial charge in [0.2, 0.25) is 5.82 Å². The van der Waals surface area contributed by atoms with Crippen LogP contribution >= 0.6 is 11.8 Å². The minimum absolute atomic E-state index is 0.503. The number of nitrogens with zero attached hydrogens (tertiary/aromatic N) is 5. The Labute approximate surface area is 165 Å². The molecule has 144 valence electrons. The van der Waals surface area contributed by atoms with Gasteiger partial charge in [-0.15, -0.1) is 20.4 Å². The number of methoxy groups -OCH3 is 2. The highest BCUT2D eigenvalue weighted by atomic mass is 32.2. The van der Waals surface area contributed by atoms with Crippen molar-refractivity contribution in [1.29, 1.82) is 0 Å². The molecule has 3 aromatic heterocycles. The fraction of sp³-hybridized carbons (Fsp3) is 0.222. The molecular weight excluding hydrogens is 380 g/mol. The second-order valence-electron chi connectivity index (χ2n) is 5.78. The van der Waals surface area contributed by atoms with Gasteiger partial charge in [-0.2, -0.15) is 0 Å². The third kappa shape index (κ3) is 3.33. The molecular formula is C18H18N6O3S. The van der Waals surface area contributed by atoms with E-state index in [2.05, 4.69) is 25.4 Å². The molecule has 0 unspecified atom stereocenters. The Balaban J connectivity index is 1.87. The van der Waals surface area contributed by atoms with E-state index in [4.69, 9.17) is 13.9 Å². The Morgan fingerprint density at radius 2 is 1.86 bits per heavy atom. The molecule has 0 bridgehead atoms. The Morgan fingerprint density at radius 3 is 2.46 bits per heavy atom. The van der Waals surface area contributed by atoms with Crippen molar-refractivity contribution in [1.82, 2.24) is 29.9 Å². The summed E-state index contributed by atoms with van der Waals surface area (Å²) in [6.07, 6.45) is 1.54. The zero-order chi connectivity index (χ0) is 19.5. The van der Waals surface area contributed by atoms with Gasteiger partial charge in [0.1, 0.15) is 35.1 Å². The number of benzene rings is 1. The van der Waals surface area contributed by atoms with Crippen LogP contribution in [0.2, 0.25) is 0 Å². The molecule has 3 heterocycles. The predicted octanol–water partition coefficient (Wildman–Crippen LogP) is 3.26. The Kier molecular flexibility index (Phi) is 5.02. The van der Waals surface area contributed by atoms with E-state index >= 15 is 0 Å². The van der Waals surface area contributed by atoms with Gasteiger partial charge in [-0.1, -0.05) is 17.8 Å². The molecule has 0 atom stereocenters. The summed E-state index contributed by atoms with van der Waals surface area (Å²) in [6.45, 7) is 1.88. The first-order chi connectivity index (χ1) is 13.7. The summed E-state index contributed by atoms with van der Waals surface area (Å²) in [4.78, 5) is 2.97. The molecule has 10 heteroatoms. The van der Waals surface area contributed by atoms with Gasteiger partial charge in [0.15, 0.2) is 10.9 Å². The van der Waals surface area contributed by atoms with Crippen LogP contribution in [0.1, 0.15) is 11.6 Å². The van der Waals surface area contributed by atoms with Gasteiger partial charge in [0, 0.05) is 0 Å². The number of thioether (sulfide) groups is 1. The van der Waals surface area contributed by atoms with E-state index in [1.54, 1.807) is 14.2 Å². The molecule has 4 rings (SSSR count). The Morgan fingerprint density at radius 1 is 1.07 bits per heavy atom. The number of ether oxygens (including phenoxy) is 2. The summed E-state index contributed by atoms with van der Waals surface area (Å²) in [5, 5.41) is 17.3. The first-order valence-electron chi connectivity index (χ1n) is 8.42. The molecule has 1 aromatic carbocycles. The van der Waals surface area contributed by atoms with Crippen LogP contribution in [0.15, 0.2) is 46.2 Å². The van der Waals surface area contributed by atoms with Crippen molar-refractivity contribution in [3.63, 3.8) is 0 Å². The number of hydrogen-bond donors (Lipinski definition) is 1. The summed E-state index contributed by atoms with van der Waals surface area (Å²) in [5.74, 6) is 4.41. The van der Waals surface area contributed by atoms with Crippen LogP contribution in [0.25, 0.3) is 17.3 Å². The third-order valence-electron chi connectivity index (χ3n) is 4.05. The van der Waals surface area contributed by atoms with Gasteiger partial charge in [-0.05, 0) is 31.2 Å². The number of rotatable bonds is 7. The molecule has 0 saturated heterocycles. The molecule has 9 nitrogen and oxygen atoms in total. The summed E-state index contributed by atoms with van der Waals surface area (Å²) in [6, 6.07) is 9.35. The molecule has 0 amide bonds. The Bertz CT molecular complexity index is 1050. The number of para-hydroxylation sites is 1. The predicted molar refractivity (Wildman–Crippen MR) is 103 cm³/mol. The van der Waals surface area contributed by atoms with E-state index in [1.165, 1.54) is 18.1 Å². The lowest BCUT2D eigenvalue weighted by Crippen LogP contribution is -2.06. The average molecular weight is 398 g/mol. The maximum absolute atomic E-state index is 5.80. The maximum atomic E-state index is 5.80. The second-order valence-corrected chi connectivity index (χ2v) is 6.74. The van der Waals surface area contributed by atoms with E-state index in [9.17, 15) is 0 Å². The van der Waals surface area contributed by atoms with Gasteiger partial charge < -0.3 is 18.9 Å². The molecule has 0 aliphatic heterocycles. The number of furan rings is 1. The molecule has 0 aliphatic carbocycles. The highest BCUT2D eigenvalue weighted by Gasteiger charge is 2.24. The van der Waals surface area contributed by atoms with Crippen LogP contribution in [0.4, 0.5) is 0 Å². The average Bonchev–Trinajstić information content (AvgIpc) is 3.46. The van der Waals surface area contributed by atoms with E-state index in [0.717, 1.165) is 5.76 Å². The van der Waals surface area contributed by atoms with Crippen LogP contribution in [-0.2, 0) is 5.75 Å². The molecule has 4 aromatic rings.